The Morgan fingerprint density at radius 1 is 1.04 bits per heavy atom. The normalized spacial score (nSPS) is 17.9. The molecule has 5 heteroatoms. The maximum atomic E-state index is 13.1. The summed E-state index contributed by atoms with van der Waals surface area (Å²) in [5, 5.41) is 0. The van der Waals surface area contributed by atoms with Crippen molar-refractivity contribution in [2.24, 2.45) is 0 Å². The van der Waals surface area contributed by atoms with Crippen molar-refractivity contribution in [3.05, 3.63) is 59.2 Å². The first-order valence-corrected chi connectivity index (χ1v) is 7.95. The van der Waals surface area contributed by atoms with Crippen molar-refractivity contribution in [1.82, 2.24) is 0 Å². The Balaban J connectivity index is 1.78. The van der Waals surface area contributed by atoms with E-state index in [0.29, 0.717) is 42.3 Å². The molecule has 0 bridgehead atoms. The minimum absolute atomic E-state index is 0.0884. The number of hydrogen-bond acceptors (Lipinski definition) is 5. The summed E-state index contributed by atoms with van der Waals surface area (Å²) in [5.74, 6) is 0.285. The predicted octanol–water partition coefficient (Wildman–Crippen LogP) is 2.95. The van der Waals surface area contributed by atoms with Crippen molar-refractivity contribution in [3.63, 3.8) is 0 Å². The first kappa shape index (κ1) is 15.2. The molecule has 2 aliphatic heterocycles. The maximum absolute atomic E-state index is 13.1. The Labute approximate surface area is 140 Å². The van der Waals surface area contributed by atoms with Crippen LogP contribution in [0, 0.1) is 0 Å². The summed E-state index contributed by atoms with van der Waals surface area (Å²) in [5.41, 5.74) is 1.97. The molecule has 0 spiro atoms. The third-order valence-electron chi connectivity index (χ3n) is 4.30. The van der Waals surface area contributed by atoms with Gasteiger partial charge >= 0.3 is 0 Å². The molecule has 5 nitrogen and oxygen atoms in total. The fourth-order valence-electron chi connectivity index (χ4n) is 3.15. The van der Waals surface area contributed by atoms with E-state index in [1.54, 1.807) is 12.1 Å². The van der Waals surface area contributed by atoms with Crippen LogP contribution in [0.4, 0.5) is 0 Å². The molecule has 1 saturated heterocycles. The lowest BCUT2D eigenvalue weighted by Gasteiger charge is -2.24. The van der Waals surface area contributed by atoms with E-state index in [9.17, 15) is 4.79 Å². The topological polar surface area (TPSA) is 54.0 Å². The largest absolute Gasteiger partial charge is 0.454 e. The highest BCUT2D eigenvalue weighted by Gasteiger charge is 2.35. The molecule has 4 rings (SSSR count). The Hall–Kier alpha value is -2.37. The van der Waals surface area contributed by atoms with Crippen molar-refractivity contribution in [2.75, 3.05) is 20.0 Å². The monoisotopic (exact) mass is 326 g/mol. The van der Waals surface area contributed by atoms with Gasteiger partial charge in [0.05, 0.1) is 18.8 Å². The highest BCUT2D eigenvalue weighted by molar-refractivity contribution is 6.12. The summed E-state index contributed by atoms with van der Waals surface area (Å²) in [6, 6.07) is 12.9. The van der Waals surface area contributed by atoms with Crippen molar-refractivity contribution >= 4 is 5.78 Å². The van der Waals surface area contributed by atoms with E-state index in [1.165, 1.54) is 0 Å². The second-order valence-corrected chi connectivity index (χ2v) is 6.04. The number of carbonyl (C=O) groups is 1. The Morgan fingerprint density at radius 3 is 2.54 bits per heavy atom. The van der Waals surface area contributed by atoms with Crippen LogP contribution in [0.3, 0.4) is 0 Å². The predicted molar refractivity (Wildman–Crippen MR) is 86.5 cm³/mol. The lowest BCUT2D eigenvalue weighted by Crippen LogP contribution is -2.29. The molecule has 2 aromatic carbocycles. The van der Waals surface area contributed by atoms with Crippen molar-refractivity contribution in [3.8, 4) is 11.5 Å². The Kier molecular flexibility index (Phi) is 3.75. The number of ketones is 1. The fraction of sp³-hybridized carbons (Fsp3) is 0.316. The molecule has 2 aromatic rings. The van der Waals surface area contributed by atoms with Crippen LogP contribution in [0.2, 0.25) is 0 Å². The Morgan fingerprint density at radius 2 is 1.79 bits per heavy atom. The van der Waals surface area contributed by atoms with Crippen LogP contribution in [0.1, 0.15) is 28.4 Å². The number of benzene rings is 2. The molecule has 24 heavy (non-hydrogen) atoms. The molecular formula is C19H18O5. The van der Waals surface area contributed by atoms with Gasteiger partial charge in [0.25, 0.3) is 0 Å². The lowest BCUT2D eigenvalue weighted by atomic mass is 9.93. The molecule has 0 radical (unpaired) electrons. The van der Waals surface area contributed by atoms with Gasteiger partial charge in [-0.2, -0.15) is 0 Å². The molecule has 0 aromatic heterocycles. The van der Waals surface area contributed by atoms with E-state index in [2.05, 4.69) is 0 Å². The van der Waals surface area contributed by atoms with Gasteiger partial charge in [-0.25, -0.2) is 0 Å². The smallest absolute Gasteiger partial charge is 0.231 e. The van der Waals surface area contributed by atoms with Crippen LogP contribution >= 0.6 is 0 Å². The van der Waals surface area contributed by atoms with Crippen molar-refractivity contribution in [2.45, 2.75) is 19.1 Å². The zero-order chi connectivity index (χ0) is 16.6. The van der Waals surface area contributed by atoms with Gasteiger partial charge in [0.15, 0.2) is 23.1 Å². The summed E-state index contributed by atoms with van der Waals surface area (Å²) in [4.78, 5) is 13.1. The van der Waals surface area contributed by atoms with Gasteiger partial charge in [0.1, 0.15) is 0 Å². The average molecular weight is 326 g/mol. The zero-order valence-electron chi connectivity index (χ0n) is 13.4. The SMILES string of the molecule is CC1(Cc2ccc3c(c2C(=O)c2ccccc2)OCO3)OCCO1. The third-order valence-corrected chi connectivity index (χ3v) is 4.30. The van der Waals surface area contributed by atoms with Gasteiger partial charge < -0.3 is 18.9 Å². The summed E-state index contributed by atoms with van der Waals surface area (Å²) in [6.45, 7) is 3.13. The van der Waals surface area contributed by atoms with Crippen molar-refractivity contribution in [1.29, 1.82) is 0 Å². The highest BCUT2D eigenvalue weighted by Crippen LogP contribution is 2.40. The molecule has 0 atom stereocenters. The van der Waals surface area contributed by atoms with E-state index in [-0.39, 0.29) is 12.6 Å². The fourth-order valence-corrected chi connectivity index (χ4v) is 3.15. The molecular weight excluding hydrogens is 308 g/mol. The first-order chi connectivity index (χ1) is 11.7. The van der Waals surface area contributed by atoms with Gasteiger partial charge in [0.2, 0.25) is 6.79 Å². The number of carbonyl (C=O) groups excluding carboxylic acids is 1. The van der Waals surface area contributed by atoms with E-state index in [0.717, 1.165) is 5.56 Å². The number of fused-ring (bicyclic) bond motifs is 1. The molecule has 124 valence electrons. The lowest BCUT2D eigenvalue weighted by molar-refractivity contribution is -0.140. The molecule has 2 aliphatic rings. The summed E-state index contributed by atoms with van der Waals surface area (Å²) in [6.07, 6.45) is 0.470. The highest BCUT2D eigenvalue weighted by atomic mass is 16.7. The minimum Gasteiger partial charge on any atom is -0.454 e. The second-order valence-electron chi connectivity index (χ2n) is 6.04. The molecule has 0 N–H and O–H groups in total. The van der Waals surface area contributed by atoms with Gasteiger partial charge in [-0.15, -0.1) is 0 Å². The molecule has 0 unspecified atom stereocenters. The van der Waals surface area contributed by atoms with Crippen LogP contribution in [0.5, 0.6) is 11.5 Å². The standard InChI is InChI=1S/C19H18O5/c1-19(23-9-10-24-19)11-14-7-8-15-18(22-12-21-15)16(14)17(20)13-5-3-2-4-6-13/h2-8H,9-12H2,1H3. The zero-order valence-corrected chi connectivity index (χ0v) is 13.4. The Bertz CT molecular complexity index is 763. The molecule has 0 aliphatic carbocycles. The molecule has 1 fully saturated rings. The van der Waals surface area contributed by atoms with E-state index in [4.69, 9.17) is 18.9 Å². The molecule has 2 heterocycles. The maximum Gasteiger partial charge on any atom is 0.231 e. The van der Waals surface area contributed by atoms with E-state index < -0.39 is 5.79 Å². The minimum atomic E-state index is -0.723. The van der Waals surface area contributed by atoms with Crippen LogP contribution in [0.25, 0.3) is 0 Å². The summed E-state index contributed by atoms with van der Waals surface area (Å²) >= 11 is 0. The van der Waals surface area contributed by atoms with Crippen LogP contribution < -0.4 is 9.47 Å². The van der Waals surface area contributed by atoms with Gasteiger partial charge in [-0.05, 0) is 18.6 Å². The van der Waals surface area contributed by atoms with Gasteiger partial charge in [-0.1, -0.05) is 36.4 Å². The second kappa shape index (κ2) is 5.92. The van der Waals surface area contributed by atoms with Crippen LogP contribution in [0.15, 0.2) is 42.5 Å². The van der Waals surface area contributed by atoms with Crippen LogP contribution in [-0.4, -0.2) is 31.6 Å². The average Bonchev–Trinajstić information content (AvgIpc) is 3.24. The number of hydrogen-bond donors (Lipinski definition) is 0. The number of rotatable bonds is 4. The van der Waals surface area contributed by atoms with Crippen molar-refractivity contribution < 1.29 is 23.7 Å². The van der Waals surface area contributed by atoms with Gasteiger partial charge in [0, 0.05) is 12.0 Å². The summed E-state index contributed by atoms with van der Waals surface area (Å²) in [7, 11) is 0. The number of ether oxygens (including phenoxy) is 4. The van der Waals surface area contributed by atoms with Crippen LogP contribution in [-0.2, 0) is 15.9 Å². The van der Waals surface area contributed by atoms with E-state index in [1.807, 2.05) is 37.3 Å². The van der Waals surface area contributed by atoms with Gasteiger partial charge in [-0.3, -0.25) is 4.79 Å². The quantitative estimate of drug-likeness (QED) is 0.809. The first-order valence-electron chi connectivity index (χ1n) is 7.95. The van der Waals surface area contributed by atoms with E-state index >= 15 is 0 Å². The molecule has 0 amide bonds. The third kappa shape index (κ3) is 2.66. The molecule has 0 saturated carbocycles. The summed E-state index contributed by atoms with van der Waals surface area (Å²) < 4.78 is 22.4.